The molecule has 3 nitrogen and oxygen atoms in total. The molecule has 2 N–H and O–H groups in total. The molecular weight excluding hydrogens is 158 g/mol. The van der Waals surface area contributed by atoms with E-state index in [0.29, 0.717) is 4.64 Å². The van der Waals surface area contributed by atoms with Crippen LogP contribution in [0.15, 0.2) is 6.07 Å². The Morgan fingerprint density at radius 2 is 2.45 bits per heavy atom. The van der Waals surface area contributed by atoms with Crippen molar-refractivity contribution in [3.63, 3.8) is 0 Å². The summed E-state index contributed by atoms with van der Waals surface area (Å²) in [6.45, 7) is 4.80. The van der Waals surface area contributed by atoms with Crippen LogP contribution in [0.1, 0.15) is 12.7 Å². The lowest BCUT2D eigenvalue weighted by Gasteiger charge is -2.02. The van der Waals surface area contributed by atoms with Crippen LogP contribution in [0.3, 0.4) is 0 Å². The van der Waals surface area contributed by atoms with Crippen LogP contribution in [-0.4, -0.2) is 16.5 Å². The van der Waals surface area contributed by atoms with Crippen LogP contribution in [-0.2, 0) is 0 Å². The number of aromatic nitrogens is 2. The molecule has 0 saturated heterocycles. The van der Waals surface area contributed by atoms with Gasteiger partial charge in [-0.15, -0.1) is 0 Å². The van der Waals surface area contributed by atoms with Crippen LogP contribution >= 0.6 is 12.2 Å². The Morgan fingerprint density at radius 1 is 1.73 bits per heavy atom. The summed E-state index contributed by atoms with van der Waals surface area (Å²) in [6, 6.07) is 1.81. The standard InChI is InChI=1S/C7H11N3S/c1-3-8-6-4-7(11)10-5(2)9-6/h4H,3H2,1-2H3,(H2,8,9,10,11). The predicted octanol–water partition coefficient (Wildman–Crippen LogP) is 1.88. The molecule has 0 spiro atoms. The van der Waals surface area contributed by atoms with E-state index in [9.17, 15) is 0 Å². The van der Waals surface area contributed by atoms with Gasteiger partial charge in [-0.05, 0) is 13.8 Å². The van der Waals surface area contributed by atoms with E-state index >= 15 is 0 Å². The van der Waals surface area contributed by atoms with Crippen molar-refractivity contribution in [1.82, 2.24) is 9.97 Å². The molecule has 1 aromatic heterocycles. The molecule has 0 aliphatic heterocycles. The first-order chi connectivity index (χ1) is 5.22. The van der Waals surface area contributed by atoms with E-state index in [-0.39, 0.29) is 0 Å². The summed E-state index contributed by atoms with van der Waals surface area (Å²) in [5.74, 6) is 1.78. The SMILES string of the molecule is CCNc1cc(=S)nc(C)[nH]1. The number of nitrogens with one attached hydrogen (secondary N) is 2. The summed E-state index contributed by atoms with van der Waals surface area (Å²) in [4.78, 5) is 7.10. The Bertz CT molecular complexity index is 292. The van der Waals surface area contributed by atoms with E-state index in [1.54, 1.807) is 0 Å². The summed E-state index contributed by atoms with van der Waals surface area (Å²) in [6.07, 6.45) is 0. The molecule has 1 aromatic rings. The van der Waals surface area contributed by atoms with Gasteiger partial charge in [-0.1, -0.05) is 12.2 Å². The summed E-state index contributed by atoms with van der Waals surface area (Å²) >= 11 is 4.93. The quantitative estimate of drug-likeness (QED) is 0.664. The predicted molar refractivity (Wildman–Crippen MR) is 48.3 cm³/mol. The maximum atomic E-state index is 4.93. The fourth-order valence-electron chi connectivity index (χ4n) is 0.866. The molecule has 0 fully saturated rings. The van der Waals surface area contributed by atoms with Crippen molar-refractivity contribution in [2.45, 2.75) is 13.8 Å². The minimum Gasteiger partial charge on any atom is -0.372 e. The van der Waals surface area contributed by atoms with Crippen molar-refractivity contribution in [3.8, 4) is 0 Å². The Morgan fingerprint density at radius 3 is 3.00 bits per heavy atom. The molecule has 0 amide bonds. The Balaban J connectivity index is 2.99. The number of aryl methyl sites for hydroxylation is 1. The zero-order valence-corrected chi connectivity index (χ0v) is 7.46. The van der Waals surface area contributed by atoms with Gasteiger partial charge in [0.25, 0.3) is 0 Å². The second-order valence-corrected chi connectivity index (χ2v) is 2.67. The molecule has 0 aliphatic rings. The molecule has 0 bridgehead atoms. The highest BCUT2D eigenvalue weighted by Crippen LogP contribution is 2.01. The summed E-state index contributed by atoms with van der Waals surface area (Å²) in [5.41, 5.74) is 0. The smallest absolute Gasteiger partial charge is 0.131 e. The van der Waals surface area contributed by atoms with Gasteiger partial charge in [0, 0.05) is 12.6 Å². The van der Waals surface area contributed by atoms with Crippen molar-refractivity contribution in [2.24, 2.45) is 0 Å². The molecule has 0 aromatic carbocycles. The van der Waals surface area contributed by atoms with Crippen LogP contribution < -0.4 is 5.32 Å². The van der Waals surface area contributed by atoms with Gasteiger partial charge < -0.3 is 10.3 Å². The van der Waals surface area contributed by atoms with E-state index in [1.807, 2.05) is 19.9 Å². The van der Waals surface area contributed by atoms with Gasteiger partial charge in [0.2, 0.25) is 0 Å². The van der Waals surface area contributed by atoms with Gasteiger partial charge in [-0.25, -0.2) is 4.98 Å². The second-order valence-electron chi connectivity index (χ2n) is 2.25. The van der Waals surface area contributed by atoms with Crippen molar-refractivity contribution in [3.05, 3.63) is 16.5 Å². The zero-order chi connectivity index (χ0) is 8.27. The monoisotopic (exact) mass is 169 g/mol. The van der Waals surface area contributed by atoms with Gasteiger partial charge in [0.05, 0.1) is 0 Å². The number of hydrogen-bond acceptors (Lipinski definition) is 3. The van der Waals surface area contributed by atoms with Gasteiger partial charge in [0.15, 0.2) is 0 Å². The highest BCUT2D eigenvalue weighted by molar-refractivity contribution is 7.71. The Labute approximate surface area is 70.9 Å². The fourth-order valence-corrected chi connectivity index (χ4v) is 1.12. The topological polar surface area (TPSA) is 40.7 Å². The maximum Gasteiger partial charge on any atom is 0.131 e. The summed E-state index contributed by atoms with van der Waals surface area (Å²) in [5, 5.41) is 3.13. The molecule has 0 radical (unpaired) electrons. The highest BCUT2D eigenvalue weighted by Gasteiger charge is 1.91. The third-order valence-electron chi connectivity index (χ3n) is 1.23. The number of hydrogen-bond donors (Lipinski definition) is 2. The van der Waals surface area contributed by atoms with Crippen LogP contribution in [0.4, 0.5) is 5.82 Å². The molecule has 0 aliphatic carbocycles. The van der Waals surface area contributed by atoms with E-state index in [1.165, 1.54) is 0 Å². The molecule has 1 heterocycles. The van der Waals surface area contributed by atoms with E-state index < -0.39 is 0 Å². The van der Waals surface area contributed by atoms with Crippen molar-refractivity contribution in [2.75, 3.05) is 11.9 Å². The molecule has 60 valence electrons. The van der Waals surface area contributed by atoms with Crippen molar-refractivity contribution in [1.29, 1.82) is 0 Å². The molecule has 0 saturated carbocycles. The molecule has 0 atom stereocenters. The Hall–Kier alpha value is -0.900. The molecule has 4 heteroatoms. The van der Waals surface area contributed by atoms with E-state index in [0.717, 1.165) is 18.2 Å². The minimum atomic E-state index is 0.622. The maximum absolute atomic E-state index is 4.93. The molecule has 11 heavy (non-hydrogen) atoms. The molecule has 0 unspecified atom stereocenters. The first kappa shape index (κ1) is 8.20. The van der Waals surface area contributed by atoms with Gasteiger partial charge in [-0.3, -0.25) is 0 Å². The zero-order valence-electron chi connectivity index (χ0n) is 6.64. The number of H-pyrrole nitrogens is 1. The van der Waals surface area contributed by atoms with Crippen LogP contribution in [0.5, 0.6) is 0 Å². The summed E-state index contributed by atoms with van der Waals surface area (Å²) in [7, 11) is 0. The van der Waals surface area contributed by atoms with Gasteiger partial charge in [0.1, 0.15) is 16.3 Å². The van der Waals surface area contributed by atoms with Crippen LogP contribution in [0.25, 0.3) is 0 Å². The number of rotatable bonds is 2. The van der Waals surface area contributed by atoms with Crippen molar-refractivity contribution < 1.29 is 0 Å². The lowest BCUT2D eigenvalue weighted by molar-refractivity contribution is 1.02. The second kappa shape index (κ2) is 3.48. The Kier molecular flexibility index (Phi) is 2.59. The van der Waals surface area contributed by atoms with Gasteiger partial charge >= 0.3 is 0 Å². The van der Waals surface area contributed by atoms with E-state index in [2.05, 4.69) is 15.3 Å². The normalized spacial score (nSPS) is 9.64. The first-order valence-corrected chi connectivity index (χ1v) is 3.95. The highest BCUT2D eigenvalue weighted by atomic mass is 32.1. The fraction of sp³-hybridized carbons (Fsp3) is 0.429. The first-order valence-electron chi connectivity index (χ1n) is 3.54. The third-order valence-corrected chi connectivity index (χ3v) is 1.44. The van der Waals surface area contributed by atoms with E-state index in [4.69, 9.17) is 12.2 Å². The number of aromatic amines is 1. The van der Waals surface area contributed by atoms with Gasteiger partial charge in [-0.2, -0.15) is 0 Å². The minimum absolute atomic E-state index is 0.622. The van der Waals surface area contributed by atoms with Crippen LogP contribution in [0.2, 0.25) is 0 Å². The average molecular weight is 169 g/mol. The largest absolute Gasteiger partial charge is 0.372 e. The molecule has 1 rings (SSSR count). The third kappa shape index (κ3) is 2.31. The number of nitrogens with zero attached hydrogens (tertiary/aromatic N) is 1. The lowest BCUT2D eigenvalue weighted by Crippen LogP contribution is -2.01. The molecular formula is C7H11N3S. The number of anilines is 1. The van der Waals surface area contributed by atoms with Crippen LogP contribution in [0, 0.1) is 11.6 Å². The van der Waals surface area contributed by atoms with Crippen molar-refractivity contribution >= 4 is 18.0 Å². The lowest BCUT2D eigenvalue weighted by atomic mass is 10.5. The summed E-state index contributed by atoms with van der Waals surface area (Å²) < 4.78 is 0.622. The average Bonchev–Trinajstić information content (AvgIpc) is 1.85.